The van der Waals surface area contributed by atoms with E-state index in [-0.39, 0.29) is 5.56 Å². The average molecular weight is 383 g/mol. The Morgan fingerprint density at radius 2 is 1.93 bits per heavy atom. The fourth-order valence-electron chi connectivity index (χ4n) is 4.67. The van der Waals surface area contributed by atoms with Crippen LogP contribution in [0.1, 0.15) is 37.1 Å². The average Bonchev–Trinajstić information content (AvgIpc) is 2.70. The van der Waals surface area contributed by atoms with Crippen molar-refractivity contribution in [2.24, 2.45) is 10.9 Å². The largest absolute Gasteiger partial charge is 0.326 e. The van der Waals surface area contributed by atoms with Gasteiger partial charge < -0.3 is 4.98 Å². The summed E-state index contributed by atoms with van der Waals surface area (Å²) in [4.78, 5) is 20.0. The van der Waals surface area contributed by atoms with Crippen molar-refractivity contribution in [1.29, 1.82) is 0 Å². The van der Waals surface area contributed by atoms with E-state index in [4.69, 9.17) is 4.99 Å². The zero-order valence-electron chi connectivity index (χ0n) is 16.9. The molecule has 0 saturated carbocycles. The molecule has 146 valence electrons. The number of nitrogens with zero attached hydrogens (tertiary/aromatic N) is 1. The number of hydrogen-bond donors (Lipinski definition) is 1. The number of allylic oxidation sites excluding steroid dienone is 5. The van der Waals surface area contributed by atoms with E-state index in [9.17, 15) is 4.79 Å². The molecule has 0 unspecified atom stereocenters. The van der Waals surface area contributed by atoms with Crippen molar-refractivity contribution in [2.45, 2.75) is 32.2 Å². The van der Waals surface area contributed by atoms with Crippen molar-refractivity contribution in [3.8, 4) is 0 Å². The summed E-state index contributed by atoms with van der Waals surface area (Å²) in [5, 5.41) is 0. The van der Waals surface area contributed by atoms with E-state index in [2.05, 4.69) is 49.2 Å². The first-order chi connectivity index (χ1) is 14.1. The molecule has 2 atom stereocenters. The number of rotatable bonds is 4. The van der Waals surface area contributed by atoms with Gasteiger partial charge in [0.25, 0.3) is 0 Å². The summed E-state index contributed by atoms with van der Waals surface area (Å²) in [5.74, 6) is 0.290. The van der Waals surface area contributed by atoms with Gasteiger partial charge in [-0.15, -0.1) is 0 Å². The van der Waals surface area contributed by atoms with Crippen LogP contribution >= 0.6 is 0 Å². The summed E-state index contributed by atoms with van der Waals surface area (Å²) in [6.07, 6.45) is 16.2. The van der Waals surface area contributed by atoms with Crippen LogP contribution in [0.3, 0.4) is 0 Å². The first-order valence-corrected chi connectivity index (χ1v) is 10.1. The van der Waals surface area contributed by atoms with Gasteiger partial charge in [-0.05, 0) is 43.5 Å². The van der Waals surface area contributed by atoms with E-state index in [1.54, 1.807) is 6.07 Å². The molecule has 3 nitrogen and oxygen atoms in total. The van der Waals surface area contributed by atoms with Crippen LogP contribution in [0.5, 0.6) is 0 Å². The van der Waals surface area contributed by atoms with E-state index < -0.39 is 5.54 Å². The zero-order valence-corrected chi connectivity index (χ0v) is 16.9. The highest BCUT2D eigenvalue weighted by Crippen LogP contribution is 2.51. The topological polar surface area (TPSA) is 45.2 Å². The van der Waals surface area contributed by atoms with Crippen molar-refractivity contribution >= 4 is 12.3 Å². The Bertz CT molecular complexity index is 1100. The molecule has 0 fully saturated rings. The lowest BCUT2D eigenvalue weighted by atomic mass is 9.63. The van der Waals surface area contributed by atoms with Gasteiger partial charge in [0.2, 0.25) is 5.56 Å². The Balaban J connectivity index is 1.67. The second-order valence-electron chi connectivity index (χ2n) is 7.75. The molecular formula is C26H26N2O. The van der Waals surface area contributed by atoms with E-state index in [0.717, 1.165) is 24.1 Å². The summed E-state index contributed by atoms with van der Waals surface area (Å²) in [5.41, 5.74) is 5.51. The van der Waals surface area contributed by atoms with Gasteiger partial charge in [-0.1, -0.05) is 66.3 Å². The molecule has 1 N–H and O–H groups in total. The standard InChI is InChI=1S/C26H26N2O/c1-3-22-21-16-19(2)18-26(22,23-13-14-25(29)28-24(23)17-21)27-15-9-5-8-12-20-10-6-4-7-11-20/h3-16,21H,17-18H2,1-2H3,(H,28,29)/t21-,26+/m0/s1. The fourth-order valence-corrected chi connectivity index (χ4v) is 4.67. The van der Waals surface area contributed by atoms with Crippen LogP contribution in [-0.4, -0.2) is 11.2 Å². The predicted octanol–water partition coefficient (Wildman–Crippen LogP) is 5.38. The molecule has 0 aliphatic heterocycles. The van der Waals surface area contributed by atoms with Gasteiger partial charge >= 0.3 is 0 Å². The third-order valence-corrected chi connectivity index (χ3v) is 5.77. The van der Waals surface area contributed by atoms with Gasteiger partial charge in [-0.2, -0.15) is 0 Å². The number of fused-ring (bicyclic) bond motifs is 4. The quantitative estimate of drug-likeness (QED) is 0.431. The molecule has 0 saturated heterocycles. The molecule has 1 heterocycles. The fraction of sp³-hybridized carbons (Fsp3) is 0.231. The summed E-state index contributed by atoms with van der Waals surface area (Å²) in [6, 6.07) is 13.8. The summed E-state index contributed by atoms with van der Waals surface area (Å²) >= 11 is 0. The van der Waals surface area contributed by atoms with E-state index in [0.29, 0.717) is 5.92 Å². The second-order valence-corrected chi connectivity index (χ2v) is 7.75. The van der Waals surface area contributed by atoms with Gasteiger partial charge in [-0.25, -0.2) is 0 Å². The Morgan fingerprint density at radius 1 is 1.10 bits per heavy atom. The maximum absolute atomic E-state index is 11.9. The first-order valence-electron chi connectivity index (χ1n) is 10.1. The van der Waals surface area contributed by atoms with Crippen molar-refractivity contribution in [3.63, 3.8) is 0 Å². The minimum Gasteiger partial charge on any atom is -0.326 e. The number of aliphatic imine (C=N–C) groups is 1. The van der Waals surface area contributed by atoms with Crippen molar-refractivity contribution in [3.05, 3.63) is 111 Å². The number of pyridine rings is 1. The lowest BCUT2D eigenvalue weighted by Crippen LogP contribution is -2.40. The summed E-state index contributed by atoms with van der Waals surface area (Å²) in [6.45, 7) is 4.27. The molecule has 3 heteroatoms. The van der Waals surface area contributed by atoms with Crippen molar-refractivity contribution in [2.75, 3.05) is 0 Å². The minimum atomic E-state index is -0.427. The predicted molar refractivity (Wildman–Crippen MR) is 121 cm³/mol. The SMILES string of the molecule is CC=C1[C@H]2C=C(C)C[C@]1(N=CC=CC=Cc1ccccc1)c1ccc(=O)[nH]c1C2. The van der Waals surface area contributed by atoms with E-state index in [1.165, 1.54) is 16.7 Å². The third kappa shape index (κ3) is 3.73. The van der Waals surface area contributed by atoms with Crippen LogP contribution in [-0.2, 0) is 12.0 Å². The monoisotopic (exact) mass is 382 g/mol. The van der Waals surface area contributed by atoms with Crippen LogP contribution in [0.15, 0.2) is 93.8 Å². The number of benzene rings is 1. The highest BCUT2D eigenvalue weighted by atomic mass is 16.1. The van der Waals surface area contributed by atoms with Gasteiger partial charge in [-0.3, -0.25) is 9.79 Å². The molecule has 2 aliphatic carbocycles. The number of hydrogen-bond acceptors (Lipinski definition) is 2. The Hall–Kier alpha value is -3.20. The molecule has 2 aliphatic rings. The lowest BCUT2D eigenvalue weighted by molar-refractivity contribution is 0.413. The number of nitrogens with one attached hydrogen (secondary N) is 1. The molecule has 0 spiro atoms. The number of aromatic nitrogens is 1. The molecule has 2 aromatic rings. The minimum absolute atomic E-state index is 0.0449. The van der Waals surface area contributed by atoms with Crippen LogP contribution in [0.2, 0.25) is 0 Å². The summed E-state index contributed by atoms with van der Waals surface area (Å²) in [7, 11) is 0. The molecule has 4 rings (SSSR count). The molecule has 0 amide bonds. The van der Waals surface area contributed by atoms with Gasteiger partial charge in [0.05, 0.1) is 0 Å². The van der Waals surface area contributed by atoms with Crippen molar-refractivity contribution in [1.82, 2.24) is 4.98 Å². The Morgan fingerprint density at radius 3 is 2.72 bits per heavy atom. The Labute approximate surface area is 171 Å². The maximum atomic E-state index is 11.9. The van der Waals surface area contributed by atoms with Gasteiger partial charge in [0, 0.05) is 35.9 Å². The van der Waals surface area contributed by atoms with Crippen LogP contribution in [0, 0.1) is 5.92 Å². The van der Waals surface area contributed by atoms with Crippen LogP contribution in [0.25, 0.3) is 6.08 Å². The highest BCUT2D eigenvalue weighted by Gasteiger charge is 2.46. The van der Waals surface area contributed by atoms with Gasteiger partial charge in [0.15, 0.2) is 0 Å². The number of H-pyrrole nitrogens is 1. The highest BCUT2D eigenvalue weighted by molar-refractivity contribution is 5.74. The molecule has 1 aromatic carbocycles. The second kappa shape index (κ2) is 8.04. The molecule has 2 bridgehead atoms. The zero-order chi connectivity index (χ0) is 20.3. The van der Waals surface area contributed by atoms with Crippen LogP contribution < -0.4 is 5.56 Å². The van der Waals surface area contributed by atoms with E-state index in [1.807, 2.05) is 48.7 Å². The van der Waals surface area contributed by atoms with Crippen molar-refractivity contribution < 1.29 is 0 Å². The molecule has 1 aromatic heterocycles. The smallest absolute Gasteiger partial charge is 0.248 e. The molecule has 29 heavy (non-hydrogen) atoms. The van der Waals surface area contributed by atoms with E-state index >= 15 is 0 Å². The molecular weight excluding hydrogens is 356 g/mol. The van der Waals surface area contributed by atoms with Gasteiger partial charge in [0.1, 0.15) is 5.54 Å². The van der Waals surface area contributed by atoms with Crippen LogP contribution in [0.4, 0.5) is 0 Å². The lowest BCUT2D eigenvalue weighted by Gasteiger charge is -2.45. The Kier molecular flexibility index (Phi) is 5.30. The first kappa shape index (κ1) is 19.1. The summed E-state index contributed by atoms with van der Waals surface area (Å²) < 4.78 is 0. The third-order valence-electron chi connectivity index (χ3n) is 5.77. The maximum Gasteiger partial charge on any atom is 0.248 e. The number of aromatic amines is 1. The molecule has 0 radical (unpaired) electrons. The normalized spacial score (nSPS) is 25.1.